The van der Waals surface area contributed by atoms with Crippen LogP contribution in [0.15, 0.2) is 237 Å². The van der Waals surface area contributed by atoms with Crippen molar-refractivity contribution in [2.45, 2.75) is 10.8 Å². The molecule has 0 spiro atoms. The Morgan fingerprint density at radius 2 is 0.970 bits per heavy atom. The molecular formula is C62H43IN4. The maximum atomic E-state index is 5.46. The first-order valence-corrected chi connectivity index (χ1v) is 24.0. The third kappa shape index (κ3) is 7.32. The normalized spacial score (nSPS) is 12.6. The van der Waals surface area contributed by atoms with E-state index >= 15 is 0 Å². The Balaban J connectivity index is 0.966. The minimum absolute atomic E-state index is 0.0519. The molecule has 0 radical (unpaired) electrons. The van der Waals surface area contributed by atoms with E-state index in [9.17, 15) is 0 Å². The smallest absolute Gasteiger partial charge is 0.160 e. The number of rotatable bonds is 9. The van der Waals surface area contributed by atoms with Crippen LogP contribution in [0.1, 0.15) is 16.4 Å². The van der Waals surface area contributed by atoms with E-state index in [1.807, 2.05) is 0 Å². The Hall–Kier alpha value is -7.87. The predicted molar refractivity (Wildman–Crippen MR) is 291 cm³/mol. The van der Waals surface area contributed by atoms with E-state index in [-0.39, 0.29) is 3.92 Å². The minimum Gasteiger partial charge on any atom is -0.310 e. The number of halogens is 1. The van der Waals surface area contributed by atoms with Crippen LogP contribution in [0.3, 0.4) is 0 Å². The molecule has 3 aromatic heterocycles. The van der Waals surface area contributed by atoms with Crippen molar-refractivity contribution in [1.29, 1.82) is 0 Å². The molecular weight excluding hydrogens is 928 g/mol. The van der Waals surface area contributed by atoms with Gasteiger partial charge in [0, 0.05) is 49.4 Å². The fraction of sp³-hybridized carbons (Fsp3) is 0.0323. The van der Waals surface area contributed by atoms with Gasteiger partial charge in [-0.25, -0.2) is 9.97 Å². The Kier molecular flexibility index (Phi) is 10.4. The average Bonchev–Trinajstić information content (AvgIpc) is 3.91. The summed E-state index contributed by atoms with van der Waals surface area (Å²) in [5.41, 5.74) is 16.6. The van der Waals surface area contributed by atoms with Crippen LogP contribution in [0.5, 0.6) is 0 Å². The topological polar surface area (TPSA) is 35.6 Å². The van der Waals surface area contributed by atoms with E-state index in [4.69, 9.17) is 9.97 Å². The number of fused-ring (bicyclic) bond motifs is 7. The molecule has 0 saturated heterocycles. The van der Waals surface area contributed by atoms with Gasteiger partial charge in [-0.2, -0.15) is 0 Å². The Morgan fingerprint density at radius 1 is 0.448 bits per heavy atom. The van der Waals surface area contributed by atoms with Crippen LogP contribution in [0, 0.1) is 0 Å². The van der Waals surface area contributed by atoms with E-state index < -0.39 is 0 Å². The van der Waals surface area contributed by atoms with Crippen LogP contribution < -0.4 is 0 Å². The number of nitrogens with zero attached hydrogens (tertiary/aromatic N) is 4. The first kappa shape index (κ1) is 40.6. The number of allylic oxidation sites excluding steroid dienone is 4. The molecule has 0 aliphatic rings. The van der Waals surface area contributed by atoms with E-state index in [1.165, 1.54) is 60.3 Å². The molecule has 0 aliphatic heterocycles. The molecule has 9 aromatic carbocycles. The van der Waals surface area contributed by atoms with Gasteiger partial charge in [-0.1, -0.05) is 192 Å². The molecule has 0 fully saturated rings. The minimum atomic E-state index is 0.0519. The van der Waals surface area contributed by atoms with E-state index in [2.05, 4.69) is 275 Å². The predicted octanol–water partition coefficient (Wildman–Crippen LogP) is 17.1. The summed E-state index contributed by atoms with van der Waals surface area (Å²) in [6.45, 7) is 2.09. The molecule has 0 bridgehead atoms. The largest absolute Gasteiger partial charge is 0.310 e. The fourth-order valence-electron chi connectivity index (χ4n) is 9.80. The van der Waals surface area contributed by atoms with Crippen molar-refractivity contribution in [3.63, 3.8) is 0 Å². The van der Waals surface area contributed by atoms with Gasteiger partial charge in [-0.15, -0.1) is 0 Å². The quantitative estimate of drug-likeness (QED) is 0.0821. The van der Waals surface area contributed by atoms with Gasteiger partial charge in [-0.05, 0) is 101 Å². The van der Waals surface area contributed by atoms with Crippen molar-refractivity contribution >= 4 is 82.8 Å². The van der Waals surface area contributed by atoms with E-state index in [0.717, 1.165) is 50.2 Å². The SMILES string of the molecule is C/C=C\C(=C/C(I)c1ccc2nc(-c3cccc(-c4cccc(-n5c6ccccc6c6ccccc65)c4)c3)nc(-c3ccc(-c4ccccc4)cc3)c2c1)n1c2ccccc2c2ccccc21. The Bertz CT molecular complexity index is 3790. The highest BCUT2D eigenvalue weighted by Gasteiger charge is 2.18. The zero-order valence-corrected chi connectivity index (χ0v) is 38.9. The Labute approximate surface area is 403 Å². The van der Waals surface area contributed by atoms with Crippen molar-refractivity contribution < 1.29 is 0 Å². The summed E-state index contributed by atoms with van der Waals surface area (Å²) in [5.74, 6) is 0.690. The summed E-state index contributed by atoms with van der Waals surface area (Å²) >= 11 is 2.58. The second-order valence-corrected chi connectivity index (χ2v) is 18.3. The summed E-state index contributed by atoms with van der Waals surface area (Å²) < 4.78 is 4.81. The van der Waals surface area contributed by atoms with Gasteiger partial charge in [0.15, 0.2) is 5.82 Å². The molecule has 0 amide bonds. The highest BCUT2D eigenvalue weighted by atomic mass is 127. The van der Waals surface area contributed by atoms with Crippen molar-refractivity contribution in [2.24, 2.45) is 0 Å². The fourth-order valence-corrected chi connectivity index (χ4v) is 10.6. The van der Waals surface area contributed by atoms with Crippen LogP contribution in [0.2, 0.25) is 0 Å². The number of hydrogen-bond donors (Lipinski definition) is 0. The summed E-state index contributed by atoms with van der Waals surface area (Å²) in [7, 11) is 0. The Morgan fingerprint density at radius 3 is 1.63 bits per heavy atom. The number of aromatic nitrogens is 4. The van der Waals surface area contributed by atoms with Gasteiger partial charge in [-0.3, -0.25) is 0 Å². The zero-order chi connectivity index (χ0) is 44.8. The highest BCUT2D eigenvalue weighted by Crippen LogP contribution is 2.39. The van der Waals surface area contributed by atoms with Crippen molar-refractivity contribution in [3.05, 3.63) is 242 Å². The van der Waals surface area contributed by atoms with Gasteiger partial charge >= 0.3 is 0 Å². The van der Waals surface area contributed by atoms with Gasteiger partial charge in [0.05, 0.1) is 37.2 Å². The van der Waals surface area contributed by atoms with Crippen LogP contribution in [0.4, 0.5) is 0 Å². The number of alkyl halides is 1. The lowest BCUT2D eigenvalue weighted by molar-refractivity contribution is 1.18. The summed E-state index contributed by atoms with van der Waals surface area (Å²) in [6, 6.07) is 78.2. The molecule has 67 heavy (non-hydrogen) atoms. The molecule has 0 saturated carbocycles. The van der Waals surface area contributed by atoms with Crippen LogP contribution >= 0.6 is 22.6 Å². The van der Waals surface area contributed by atoms with Gasteiger partial charge in [0.1, 0.15) is 0 Å². The molecule has 1 unspecified atom stereocenters. The van der Waals surface area contributed by atoms with E-state index in [0.29, 0.717) is 5.82 Å². The first-order valence-electron chi connectivity index (χ1n) is 22.7. The molecule has 12 rings (SSSR count). The van der Waals surface area contributed by atoms with E-state index in [1.54, 1.807) is 0 Å². The van der Waals surface area contributed by atoms with Crippen LogP contribution in [-0.2, 0) is 0 Å². The highest BCUT2D eigenvalue weighted by molar-refractivity contribution is 14.1. The number of para-hydroxylation sites is 4. The molecule has 1 atom stereocenters. The molecule has 0 aliphatic carbocycles. The lowest BCUT2D eigenvalue weighted by atomic mass is 9.99. The van der Waals surface area contributed by atoms with Crippen molar-refractivity contribution in [2.75, 3.05) is 0 Å². The lowest BCUT2D eigenvalue weighted by Gasteiger charge is -2.15. The summed E-state index contributed by atoms with van der Waals surface area (Å²) in [6.07, 6.45) is 6.71. The van der Waals surface area contributed by atoms with Crippen LogP contribution in [0.25, 0.3) is 111 Å². The monoisotopic (exact) mass is 970 g/mol. The first-order chi connectivity index (χ1) is 33.1. The molecule has 5 heteroatoms. The second-order valence-electron chi connectivity index (χ2n) is 17.0. The van der Waals surface area contributed by atoms with Crippen LogP contribution in [-0.4, -0.2) is 19.1 Å². The van der Waals surface area contributed by atoms with Gasteiger partial charge in [0.25, 0.3) is 0 Å². The molecule has 12 aromatic rings. The lowest BCUT2D eigenvalue weighted by Crippen LogP contribution is -1.99. The van der Waals surface area contributed by atoms with Crippen molar-refractivity contribution in [3.8, 4) is 50.6 Å². The zero-order valence-electron chi connectivity index (χ0n) is 36.8. The number of benzene rings is 9. The standard InChI is InChI=1S/C62H43IN4/c1-2-16-48(66-57-27-10-6-23-50(57)51-24-7-11-28-58(51)66)40-55(63)46-35-36-56-54(39-46)61(43-33-31-42(32-34-43)41-17-4-3-5-18-41)65-62(64-56)47-21-14-19-44(37-47)45-20-15-22-49(38-45)67-59-29-12-8-25-52(59)53-26-9-13-30-60(53)67/h2-40,55H,1H3/b16-2-,48-40+. The van der Waals surface area contributed by atoms with Gasteiger partial charge < -0.3 is 9.13 Å². The molecule has 3 heterocycles. The van der Waals surface area contributed by atoms with Crippen molar-refractivity contribution in [1.82, 2.24) is 19.1 Å². The summed E-state index contributed by atoms with van der Waals surface area (Å²) in [5, 5.41) is 6.01. The second kappa shape index (κ2) is 17.2. The average molecular weight is 971 g/mol. The molecule has 4 nitrogen and oxygen atoms in total. The number of hydrogen-bond acceptors (Lipinski definition) is 2. The maximum absolute atomic E-state index is 5.46. The molecule has 0 N–H and O–H groups in total. The third-order valence-electron chi connectivity index (χ3n) is 12.9. The third-order valence-corrected chi connectivity index (χ3v) is 14.0. The summed E-state index contributed by atoms with van der Waals surface area (Å²) in [4.78, 5) is 10.8. The maximum Gasteiger partial charge on any atom is 0.160 e. The van der Waals surface area contributed by atoms with Gasteiger partial charge in [0.2, 0.25) is 0 Å². The molecule has 318 valence electrons.